The highest BCUT2D eigenvalue weighted by atomic mass is 16.5. The molecule has 4 heterocycles. The average molecular weight is 352 g/mol. The molecule has 0 saturated carbocycles. The van der Waals surface area contributed by atoms with Crippen LogP contribution in [0.15, 0.2) is 36.1 Å². The van der Waals surface area contributed by atoms with Gasteiger partial charge in [-0.2, -0.15) is 0 Å². The topological polar surface area (TPSA) is 54.6 Å². The van der Waals surface area contributed by atoms with Crippen LogP contribution in [0.25, 0.3) is 10.9 Å². The van der Waals surface area contributed by atoms with Crippen LogP contribution in [0.1, 0.15) is 30.6 Å². The third-order valence-corrected chi connectivity index (χ3v) is 6.54. The number of aromatic amines is 1. The van der Waals surface area contributed by atoms with Gasteiger partial charge >= 0.3 is 5.97 Å². The number of nitrogens with one attached hydrogen (secondary N) is 1. The first-order valence-electron chi connectivity index (χ1n) is 9.44. The molecular weight excluding hydrogens is 328 g/mol. The predicted molar refractivity (Wildman–Crippen MR) is 98.6 cm³/mol. The average Bonchev–Trinajstić information content (AvgIpc) is 3.06. The smallest absolute Gasteiger partial charge is 0.337 e. The fourth-order valence-electron chi connectivity index (χ4n) is 5.19. The summed E-state index contributed by atoms with van der Waals surface area (Å²) < 4.78 is 10.8. The molecule has 2 aromatic rings. The van der Waals surface area contributed by atoms with Gasteiger partial charge in [0.1, 0.15) is 0 Å². The van der Waals surface area contributed by atoms with Crippen molar-refractivity contribution >= 4 is 16.9 Å². The Balaban J connectivity index is 1.55. The number of para-hydroxylation sites is 1. The fraction of sp³-hybridized carbons (Fsp3) is 0.476. The van der Waals surface area contributed by atoms with Crippen LogP contribution >= 0.6 is 0 Å². The molecule has 26 heavy (non-hydrogen) atoms. The van der Waals surface area contributed by atoms with Crippen LogP contribution in [-0.4, -0.2) is 42.2 Å². The van der Waals surface area contributed by atoms with E-state index in [-0.39, 0.29) is 18.0 Å². The van der Waals surface area contributed by atoms with Crippen molar-refractivity contribution in [2.45, 2.75) is 31.9 Å². The van der Waals surface area contributed by atoms with Crippen LogP contribution in [0.5, 0.6) is 0 Å². The standard InChI is InChI=1S/C21H24N2O3/c1-12-16-10-23-8-7-14-13-5-3-4-6-18(13)22-20(14)19(23)9-15(16)17(11-26-12)21(24)25-2/h3-6,11-12,15-16,19,22H,7-10H2,1-2H3/t12-,15+,16-,19-/m0/s1. The Labute approximate surface area is 153 Å². The lowest BCUT2D eigenvalue weighted by Crippen LogP contribution is -2.51. The van der Waals surface area contributed by atoms with Gasteiger partial charge in [-0.1, -0.05) is 18.2 Å². The van der Waals surface area contributed by atoms with E-state index in [4.69, 9.17) is 9.47 Å². The van der Waals surface area contributed by atoms with Crippen LogP contribution in [0.2, 0.25) is 0 Å². The number of ether oxygens (including phenoxy) is 2. The summed E-state index contributed by atoms with van der Waals surface area (Å²) in [5.74, 6) is 0.258. The van der Waals surface area contributed by atoms with Crippen molar-refractivity contribution in [2.24, 2.45) is 11.8 Å². The second-order valence-corrected chi connectivity index (χ2v) is 7.74. The minimum Gasteiger partial charge on any atom is -0.497 e. The summed E-state index contributed by atoms with van der Waals surface area (Å²) in [6.07, 6.45) is 3.77. The summed E-state index contributed by atoms with van der Waals surface area (Å²) in [6.45, 7) is 4.13. The Morgan fingerprint density at radius 2 is 2.19 bits per heavy atom. The summed E-state index contributed by atoms with van der Waals surface area (Å²) in [6, 6.07) is 8.88. The molecule has 4 atom stereocenters. The van der Waals surface area contributed by atoms with Crippen molar-refractivity contribution in [2.75, 3.05) is 20.2 Å². The van der Waals surface area contributed by atoms with E-state index >= 15 is 0 Å². The van der Waals surface area contributed by atoms with Crippen molar-refractivity contribution in [3.63, 3.8) is 0 Å². The Hall–Kier alpha value is -2.27. The van der Waals surface area contributed by atoms with E-state index in [1.807, 2.05) is 0 Å². The van der Waals surface area contributed by atoms with Gasteiger partial charge in [-0.15, -0.1) is 0 Å². The van der Waals surface area contributed by atoms with Crippen LogP contribution in [0.4, 0.5) is 0 Å². The summed E-state index contributed by atoms with van der Waals surface area (Å²) in [5, 5.41) is 1.34. The summed E-state index contributed by atoms with van der Waals surface area (Å²) >= 11 is 0. The second kappa shape index (κ2) is 5.88. The summed E-state index contributed by atoms with van der Waals surface area (Å²) in [7, 11) is 1.45. The van der Waals surface area contributed by atoms with Crippen LogP contribution in [0.3, 0.4) is 0 Å². The predicted octanol–water partition coefficient (Wildman–Crippen LogP) is 3.18. The van der Waals surface area contributed by atoms with Gasteiger partial charge in [-0.3, -0.25) is 4.90 Å². The van der Waals surface area contributed by atoms with E-state index in [0.717, 1.165) is 25.9 Å². The number of fused-ring (bicyclic) bond motifs is 6. The van der Waals surface area contributed by atoms with Crippen LogP contribution in [0, 0.1) is 11.8 Å². The summed E-state index contributed by atoms with van der Waals surface area (Å²) in [4.78, 5) is 18.5. The third kappa shape index (κ3) is 2.23. The molecule has 1 aromatic heterocycles. The van der Waals surface area contributed by atoms with Gasteiger partial charge in [0.05, 0.1) is 31.1 Å². The molecule has 5 nitrogen and oxygen atoms in total. The number of nitrogens with zero attached hydrogens (tertiary/aromatic N) is 1. The number of piperidine rings is 1. The zero-order valence-electron chi connectivity index (χ0n) is 15.2. The highest BCUT2D eigenvalue weighted by molar-refractivity contribution is 5.89. The maximum absolute atomic E-state index is 12.3. The maximum atomic E-state index is 12.3. The number of H-pyrrole nitrogens is 1. The maximum Gasteiger partial charge on any atom is 0.337 e. The van der Waals surface area contributed by atoms with E-state index in [9.17, 15) is 4.79 Å². The molecule has 136 valence electrons. The van der Waals surface area contributed by atoms with Crippen LogP contribution in [-0.2, 0) is 20.7 Å². The number of carbonyl (C=O) groups excluding carboxylic acids is 1. The van der Waals surface area contributed by atoms with Crippen molar-refractivity contribution in [3.8, 4) is 0 Å². The molecule has 0 spiro atoms. The normalized spacial score (nSPS) is 30.6. The highest BCUT2D eigenvalue weighted by Gasteiger charge is 2.46. The zero-order chi connectivity index (χ0) is 17.8. The van der Waals surface area contributed by atoms with Gasteiger partial charge < -0.3 is 14.5 Å². The molecule has 0 aliphatic carbocycles. The monoisotopic (exact) mass is 352 g/mol. The Bertz CT molecular complexity index is 900. The lowest BCUT2D eigenvalue weighted by atomic mass is 9.72. The van der Waals surface area contributed by atoms with Crippen LogP contribution < -0.4 is 0 Å². The Morgan fingerprint density at radius 1 is 1.35 bits per heavy atom. The number of rotatable bonds is 1. The number of esters is 1. The molecule has 3 aliphatic heterocycles. The van der Waals surface area contributed by atoms with E-state index < -0.39 is 0 Å². The van der Waals surface area contributed by atoms with Crippen molar-refractivity contribution < 1.29 is 14.3 Å². The largest absolute Gasteiger partial charge is 0.497 e. The van der Waals surface area contributed by atoms with Crippen molar-refractivity contribution in [3.05, 3.63) is 47.4 Å². The number of benzene rings is 1. The number of hydrogen-bond acceptors (Lipinski definition) is 4. The van der Waals surface area contributed by atoms with E-state index in [1.54, 1.807) is 6.26 Å². The van der Waals surface area contributed by atoms with Gasteiger partial charge in [0.25, 0.3) is 0 Å². The molecule has 0 unspecified atom stereocenters. The lowest BCUT2D eigenvalue weighted by Gasteiger charge is -2.49. The summed E-state index contributed by atoms with van der Waals surface area (Å²) in [5.41, 5.74) is 4.69. The molecule has 1 saturated heterocycles. The Morgan fingerprint density at radius 3 is 3.04 bits per heavy atom. The lowest BCUT2D eigenvalue weighted by molar-refractivity contribution is -0.139. The molecule has 1 aromatic carbocycles. The number of carbonyl (C=O) groups is 1. The minimum atomic E-state index is -0.256. The number of methoxy groups -OCH3 is 1. The number of hydrogen-bond donors (Lipinski definition) is 1. The third-order valence-electron chi connectivity index (χ3n) is 6.54. The fourth-order valence-corrected chi connectivity index (χ4v) is 5.19. The molecule has 1 fully saturated rings. The van der Waals surface area contributed by atoms with Crippen molar-refractivity contribution in [1.29, 1.82) is 0 Å². The van der Waals surface area contributed by atoms with Crippen molar-refractivity contribution in [1.82, 2.24) is 9.88 Å². The second-order valence-electron chi connectivity index (χ2n) is 7.74. The molecule has 5 heteroatoms. The van der Waals surface area contributed by atoms with E-state index in [1.165, 1.54) is 29.3 Å². The van der Waals surface area contributed by atoms with Gasteiger partial charge in [0.15, 0.2) is 0 Å². The van der Waals surface area contributed by atoms with Gasteiger partial charge in [0, 0.05) is 41.5 Å². The molecular formula is C21H24N2O3. The van der Waals surface area contributed by atoms with Gasteiger partial charge in [-0.05, 0) is 31.4 Å². The SMILES string of the molecule is COC(=O)C1=CO[C@@H](C)[C@@H]2CN3CCc4c([nH]c5ccccc45)[C@@H]3C[C@@H]12. The van der Waals surface area contributed by atoms with Gasteiger partial charge in [0.2, 0.25) is 0 Å². The first-order valence-corrected chi connectivity index (χ1v) is 9.44. The molecule has 5 rings (SSSR count). The van der Waals surface area contributed by atoms with E-state index in [2.05, 4.69) is 41.1 Å². The molecule has 3 aliphatic rings. The molecule has 1 N–H and O–H groups in total. The molecule has 0 amide bonds. The van der Waals surface area contributed by atoms with E-state index in [0.29, 0.717) is 17.5 Å². The Kier molecular flexibility index (Phi) is 3.60. The van der Waals surface area contributed by atoms with Gasteiger partial charge in [-0.25, -0.2) is 4.79 Å². The molecule has 0 bridgehead atoms. The first-order chi connectivity index (χ1) is 12.7. The minimum absolute atomic E-state index is 0.124. The first kappa shape index (κ1) is 15.9. The number of aromatic nitrogens is 1. The molecule has 0 radical (unpaired) electrons. The zero-order valence-corrected chi connectivity index (χ0v) is 15.2. The highest BCUT2D eigenvalue weighted by Crippen LogP contribution is 2.47. The quantitative estimate of drug-likeness (QED) is 0.801.